The Morgan fingerprint density at radius 3 is 2.60 bits per heavy atom. The minimum atomic E-state index is 0.0589. The number of rotatable bonds is 2. The molecule has 2 aromatic rings. The van der Waals surface area contributed by atoms with Crippen LogP contribution in [-0.4, -0.2) is 11.9 Å². The van der Waals surface area contributed by atoms with Gasteiger partial charge in [-0.2, -0.15) is 0 Å². The Bertz CT molecular complexity index is 636. The molecule has 0 aromatic heterocycles. The largest absolute Gasteiger partial charge is 0.305 e. The Balaban J connectivity index is 1.94. The third-order valence-electron chi connectivity index (χ3n) is 3.78. The van der Waals surface area contributed by atoms with Crippen molar-refractivity contribution in [2.45, 2.75) is 25.3 Å². The van der Waals surface area contributed by atoms with Gasteiger partial charge in [0, 0.05) is 23.2 Å². The smallest absolute Gasteiger partial charge is 0.258 e. The van der Waals surface area contributed by atoms with E-state index in [1.165, 1.54) is 5.56 Å². The summed E-state index contributed by atoms with van der Waals surface area (Å²) in [6, 6.07) is 15.8. The molecule has 0 radical (unpaired) electrons. The third kappa shape index (κ3) is 2.20. The van der Waals surface area contributed by atoms with Gasteiger partial charge in [-0.15, -0.1) is 11.6 Å². The zero-order chi connectivity index (χ0) is 14.1. The van der Waals surface area contributed by atoms with Crippen molar-refractivity contribution in [3.63, 3.8) is 0 Å². The summed E-state index contributed by atoms with van der Waals surface area (Å²) < 4.78 is 0. The monoisotopic (exact) mass is 285 g/mol. The van der Waals surface area contributed by atoms with Crippen LogP contribution < -0.4 is 4.90 Å². The minimum absolute atomic E-state index is 0.0589. The molecule has 0 bridgehead atoms. The third-order valence-corrected chi connectivity index (χ3v) is 4.09. The topological polar surface area (TPSA) is 20.3 Å². The van der Waals surface area contributed by atoms with Crippen LogP contribution in [0.4, 0.5) is 5.69 Å². The second kappa shape index (κ2) is 5.29. The molecule has 0 saturated heterocycles. The van der Waals surface area contributed by atoms with Crippen LogP contribution in [0.25, 0.3) is 0 Å². The molecule has 1 amide bonds. The molecule has 0 saturated carbocycles. The molecule has 102 valence electrons. The van der Waals surface area contributed by atoms with Crippen molar-refractivity contribution >= 4 is 23.2 Å². The van der Waals surface area contributed by atoms with Crippen molar-refractivity contribution in [1.82, 2.24) is 0 Å². The van der Waals surface area contributed by atoms with E-state index in [0.717, 1.165) is 17.7 Å². The molecule has 2 nitrogen and oxygen atoms in total. The van der Waals surface area contributed by atoms with E-state index in [4.69, 9.17) is 11.6 Å². The van der Waals surface area contributed by atoms with Gasteiger partial charge >= 0.3 is 0 Å². The molecule has 0 N–H and O–H groups in total. The fraction of sp³-hybridized carbons (Fsp3) is 0.235. The molecule has 3 heteroatoms. The van der Waals surface area contributed by atoms with Crippen LogP contribution in [0.2, 0.25) is 0 Å². The number of anilines is 1. The summed E-state index contributed by atoms with van der Waals surface area (Å²) in [5.74, 6) is 0.529. The van der Waals surface area contributed by atoms with Gasteiger partial charge in [-0.05, 0) is 42.7 Å². The quantitative estimate of drug-likeness (QED) is 0.763. The minimum Gasteiger partial charge on any atom is -0.305 e. The molecule has 1 atom stereocenters. The van der Waals surface area contributed by atoms with E-state index >= 15 is 0 Å². The lowest BCUT2D eigenvalue weighted by Crippen LogP contribution is -2.35. The normalized spacial score (nSPS) is 17.1. The number of para-hydroxylation sites is 1. The van der Waals surface area contributed by atoms with E-state index in [1.54, 1.807) is 0 Å². The number of hydrogen-bond acceptors (Lipinski definition) is 1. The molecule has 1 aliphatic rings. The lowest BCUT2D eigenvalue weighted by atomic mass is 10.1. The van der Waals surface area contributed by atoms with E-state index in [1.807, 2.05) is 47.4 Å². The number of fused-ring (bicyclic) bond motifs is 1. The van der Waals surface area contributed by atoms with Crippen LogP contribution in [0.1, 0.15) is 28.4 Å². The van der Waals surface area contributed by atoms with E-state index in [-0.39, 0.29) is 11.9 Å². The van der Waals surface area contributed by atoms with Crippen LogP contribution in [0.3, 0.4) is 0 Å². The van der Waals surface area contributed by atoms with Gasteiger partial charge in [0.15, 0.2) is 0 Å². The average Bonchev–Trinajstić information content (AvgIpc) is 2.82. The number of alkyl halides is 1. The van der Waals surface area contributed by atoms with Gasteiger partial charge < -0.3 is 4.90 Å². The van der Waals surface area contributed by atoms with Crippen LogP contribution in [0, 0.1) is 0 Å². The van der Waals surface area contributed by atoms with E-state index in [9.17, 15) is 4.79 Å². The van der Waals surface area contributed by atoms with Gasteiger partial charge in [-0.1, -0.05) is 30.3 Å². The van der Waals surface area contributed by atoms with Crippen molar-refractivity contribution in [2.24, 2.45) is 0 Å². The summed E-state index contributed by atoms with van der Waals surface area (Å²) in [6.45, 7) is 2.09. The molecule has 0 spiro atoms. The van der Waals surface area contributed by atoms with Crippen molar-refractivity contribution in [3.05, 3.63) is 65.2 Å². The molecule has 0 aliphatic carbocycles. The molecule has 20 heavy (non-hydrogen) atoms. The lowest BCUT2D eigenvalue weighted by Gasteiger charge is -2.22. The first-order valence-corrected chi connectivity index (χ1v) is 7.30. The highest BCUT2D eigenvalue weighted by Gasteiger charge is 2.30. The van der Waals surface area contributed by atoms with Gasteiger partial charge in [0.05, 0.1) is 0 Å². The maximum absolute atomic E-state index is 12.7. The fourth-order valence-electron chi connectivity index (χ4n) is 2.75. The first kappa shape index (κ1) is 13.2. The summed E-state index contributed by atoms with van der Waals surface area (Å²) >= 11 is 5.78. The van der Waals surface area contributed by atoms with Crippen molar-refractivity contribution in [1.29, 1.82) is 0 Å². The fourth-order valence-corrected chi connectivity index (χ4v) is 2.93. The maximum atomic E-state index is 12.7. The van der Waals surface area contributed by atoms with Gasteiger partial charge in [0.2, 0.25) is 0 Å². The number of carbonyl (C=O) groups excluding carboxylic acids is 1. The van der Waals surface area contributed by atoms with Crippen LogP contribution >= 0.6 is 11.6 Å². The second-order valence-electron chi connectivity index (χ2n) is 5.19. The summed E-state index contributed by atoms with van der Waals surface area (Å²) in [5, 5.41) is 0. The van der Waals surface area contributed by atoms with Gasteiger partial charge in [0.25, 0.3) is 5.91 Å². The second-order valence-corrected chi connectivity index (χ2v) is 5.45. The standard InChI is InChI=1S/C17H16ClNO/c1-12-10-15-4-2-3-5-16(15)19(12)17(20)14-8-6-13(11-18)7-9-14/h2-9,12H,10-11H2,1H3. The van der Waals surface area contributed by atoms with Crippen molar-refractivity contribution in [3.8, 4) is 0 Å². The number of carbonyl (C=O) groups is 1. The summed E-state index contributed by atoms with van der Waals surface area (Å²) in [7, 11) is 0. The number of nitrogens with zero attached hydrogens (tertiary/aromatic N) is 1. The summed E-state index contributed by atoms with van der Waals surface area (Å²) in [4.78, 5) is 14.6. The van der Waals surface area contributed by atoms with Crippen LogP contribution in [0.15, 0.2) is 48.5 Å². The Morgan fingerprint density at radius 1 is 1.20 bits per heavy atom. The Morgan fingerprint density at radius 2 is 1.90 bits per heavy atom. The molecule has 1 heterocycles. The van der Waals surface area contributed by atoms with Crippen LogP contribution in [-0.2, 0) is 12.3 Å². The SMILES string of the molecule is CC1Cc2ccccc2N1C(=O)c1ccc(CCl)cc1. The number of halogens is 1. The summed E-state index contributed by atoms with van der Waals surface area (Å²) in [5.41, 5.74) is 4.01. The Labute approximate surface area is 124 Å². The van der Waals surface area contributed by atoms with Crippen molar-refractivity contribution in [2.75, 3.05) is 4.90 Å². The Hall–Kier alpha value is -1.80. The van der Waals surface area contributed by atoms with Gasteiger partial charge in [-0.3, -0.25) is 4.79 Å². The van der Waals surface area contributed by atoms with Gasteiger partial charge in [0.1, 0.15) is 0 Å². The highest BCUT2D eigenvalue weighted by molar-refractivity contribution is 6.17. The number of benzene rings is 2. The highest BCUT2D eigenvalue weighted by Crippen LogP contribution is 2.33. The molecule has 1 unspecified atom stereocenters. The predicted molar refractivity (Wildman–Crippen MR) is 82.4 cm³/mol. The highest BCUT2D eigenvalue weighted by atomic mass is 35.5. The number of hydrogen-bond donors (Lipinski definition) is 0. The number of amides is 1. The van der Waals surface area contributed by atoms with E-state index < -0.39 is 0 Å². The molecule has 0 fully saturated rings. The lowest BCUT2D eigenvalue weighted by molar-refractivity contribution is 0.0981. The predicted octanol–water partition coefficient (Wildman–Crippen LogP) is 4.02. The molecule has 2 aromatic carbocycles. The molecule has 1 aliphatic heterocycles. The summed E-state index contributed by atoms with van der Waals surface area (Å²) in [6.07, 6.45) is 0.918. The first-order valence-electron chi connectivity index (χ1n) is 6.77. The average molecular weight is 286 g/mol. The molecular weight excluding hydrogens is 270 g/mol. The van der Waals surface area contributed by atoms with Crippen molar-refractivity contribution < 1.29 is 4.79 Å². The molecular formula is C17H16ClNO. The van der Waals surface area contributed by atoms with Gasteiger partial charge in [-0.25, -0.2) is 0 Å². The molecule has 3 rings (SSSR count). The van der Waals surface area contributed by atoms with E-state index in [0.29, 0.717) is 11.4 Å². The Kier molecular flexibility index (Phi) is 3.49. The first-order chi connectivity index (χ1) is 9.70. The zero-order valence-corrected chi connectivity index (χ0v) is 12.1. The zero-order valence-electron chi connectivity index (χ0n) is 11.3. The van der Waals surface area contributed by atoms with Crippen LogP contribution in [0.5, 0.6) is 0 Å². The van der Waals surface area contributed by atoms with E-state index in [2.05, 4.69) is 13.0 Å². The maximum Gasteiger partial charge on any atom is 0.258 e.